The Labute approximate surface area is 194 Å². The maximum atomic E-state index is 11.7. The molecule has 0 saturated carbocycles. The number of nitrogens with zero attached hydrogens (tertiary/aromatic N) is 1. The maximum Gasteiger partial charge on any atom is 0.404 e. The van der Waals surface area contributed by atoms with Gasteiger partial charge in [0.05, 0.1) is 19.6 Å². The van der Waals surface area contributed by atoms with E-state index in [1.165, 1.54) is 37.0 Å². The van der Waals surface area contributed by atoms with E-state index in [1.807, 2.05) is 0 Å². The van der Waals surface area contributed by atoms with E-state index < -0.39 is 6.09 Å². The fraction of sp³-hybridized carbons (Fsp3) is 0.857. The number of rotatable bonds is 16. The van der Waals surface area contributed by atoms with Gasteiger partial charge >= 0.3 is 6.09 Å². The van der Waals surface area contributed by atoms with Gasteiger partial charge < -0.3 is 43.6 Å². The number of carbonyl (C=O) groups is 3. The Morgan fingerprint density at radius 1 is 0.812 bits per heavy atom. The fourth-order valence-corrected chi connectivity index (χ4v) is 2.21. The molecule has 32 heavy (non-hydrogen) atoms. The summed E-state index contributed by atoms with van der Waals surface area (Å²) < 4.78 is 4.47. The number of amides is 3. The van der Waals surface area contributed by atoms with Crippen LogP contribution < -0.4 is 34.0 Å². The van der Waals surface area contributed by atoms with E-state index in [0.717, 1.165) is 32.4 Å². The van der Waals surface area contributed by atoms with Crippen LogP contribution in [0.25, 0.3) is 0 Å². The third-order valence-electron chi connectivity index (χ3n) is 4.03. The number of hydrogen-bond donors (Lipinski definition) is 6. The van der Waals surface area contributed by atoms with E-state index in [-0.39, 0.29) is 38.1 Å². The molecule has 0 fully saturated rings. The lowest BCUT2D eigenvalue weighted by atomic mass is 10.2. The van der Waals surface area contributed by atoms with Gasteiger partial charge in [-0.15, -0.1) is 0 Å². The van der Waals surface area contributed by atoms with Gasteiger partial charge in [-0.05, 0) is 45.3 Å². The van der Waals surface area contributed by atoms with Crippen LogP contribution in [0.1, 0.15) is 65.2 Å². The van der Waals surface area contributed by atoms with Gasteiger partial charge in [-0.1, -0.05) is 39.5 Å². The summed E-state index contributed by atoms with van der Waals surface area (Å²) in [5.74, 6) is -0.630. The molecule has 0 saturated heterocycles. The van der Waals surface area contributed by atoms with Crippen molar-refractivity contribution in [3.8, 4) is 0 Å². The number of ether oxygens (including phenoxy) is 1. The van der Waals surface area contributed by atoms with Crippen molar-refractivity contribution in [1.82, 2.24) is 10.2 Å². The molecule has 0 aromatic carbocycles. The second-order valence-electron chi connectivity index (χ2n) is 7.02. The Balaban J connectivity index is -0.000000626. The van der Waals surface area contributed by atoms with Crippen molar-refractivity contribution in [3.05, 3.63) is 0 Å². The van der Waals surface area contributed by atoms with Gasteiger partial charge in [-0.3, -0.25) is 9.59 Å². The number of nitrogens with two attached hydrogens (primary N) is 5. The minimum atomic E-state index is -0.899. The van der Waals surface area contributed by atoms with Crippen LogP contribution in [0, 0.1) is 0 Å². The quantitative estimate of drug-likeness (QED) is 0.171. The van der Waals surface area contributed by atoms with E-state index in [9.17, 15) is 14.4 Å². The van der Waals surface area contributed by atoms with Gasteiger partial charge in [0, 0.05) is 6.54 Å². The lowest BCUT2D eigenvalue weighted by Gasteiger charge is -2.21. The molecule has 0 radical (unpaired) electrons. The predicted octanol–water partition coefficient (Wildman–Crippen LogP) is -0.00530. The molecule has 0 rings (SSSR count). The van der Waals surface area contributed by atoms with Crippen molar-refractivity contribution in [2.75, 3.05) is 52.4 Å². The van der Waals surface area contributed by atoms with Gasteiger partial charge in [0.15, 0.2) is 0 Å². The molecule has 11 N–H and O–H groups in total. The highest BCUT2D eigenvalue weighted by atomic mass is 16.5. The van der Waals surface area contributed by atoms with Crippen LogP contribution in [0.3, 0.4) is 0 Å². The largest absolute Gasteiger partial charge is 0.448 e. The number of unbranched alkanes of at least 4 members (excludes halogenated alkanes) is 5. The van der Waals surface area contributed by atoms with Crippen molar-refractivity contribution in [3.63, 3.8) is 0 Å². The molecule has 11 heteroatoms. The van der Waals surface area contributed by atoms with E-state index in [0.29, 0.717) is 13.1 Å². The number of nitrogens with one attached hydrogen (secondary N) is 1. The predicted molar refractivity (Wildman–Crippen MR) is 130 cm³/mol. The lowest BCUT2D eigenvalue weighted by Crippen LogP contribution is -2.44. The minimum absolute atomic E-state index is 0.0115. The molecular weight excluding hydrogens is 414 g/mol. The molecule has 0 aliphatic carbocycles. The van der Waals surface area contributed by atoms with Crippen LogP contribution in [0.15, 0.2) is 0 Å². The van der Waals surface area contributed by atoms with Crippen molar-refractivity contribution in [1.29, 1.82) is 0 Å². The third-order valence-corrected chi connectivity index (χ3v) is 4.03. The molecule has 11 nitrogen and oxygen atoms in total. The monoisotopic (exact) mass is 463 g/mol. The summed E-state index contributed by atoms with van der Waals surface area (Å²) in [6.07, 6.45) is 7.77. The Morgan fingerprint density at radius 2 is 1.38 bits per heavy atom. The molecule has 0 aliphatic rings. The number of hydrogen-bond acceptors (Lipinski definition) is 8. The van der Waals surface area contributed by atoms with Crippen LogP contribution in [0.4, 0.5) is 4.79 Å². The molecular formula is C21H49N7O4. The zero-order valence-electron chi connectivity index (χ0n) is 20.3. The molecule has 0 heterocycles. The van der Waals surface area contributed by atoms with Crippen molar-refractivity contribution in [2.45, 2.75) is 65.2 Å². The smallest absolute Gasteiger partial charge is 0.404 e. The highest BCUT2D eigenvalue weighted by Crippen LogP contribution is 1.98. The zero-order valence-corrected chi connectivity index (χ0v) is 20.3. The van der Waals surface area contributed by atoms with Crippen molar-refractivity contribution in [2.24, 2.45) is 28.7 Å². The fourth-order valence-electron chi connectivity index (χ4n) is 2.21. The average Bonchev–Trinajstić information content (AvgIpc) is 2.78. The van der Waals surface area contributed by atoms with Gasteiger partial charge in [0.25, 0.3) is 0 Å². The van der Waals surface area contributed by atoms with E-state index >= 15 is 0 Å². The topological polar surface area (TPSA) is 206 Å². The number of primary amides is 1. The Bertz CT molecular complexity index is 434. The third kappa shape index (κ3) is 30.2. The summed E-state index contributed by atoms with van der Waals surface area (Å²) in [6.45, 7) is 6.98. The molecule has 0 aliphatic heterocycles. The van der Waals surface area contributed by atoms with Crippen LogP contribution in [-0.2, 0) is 14.3 Å². The van der Waals surface area contributed by atoms with Crippen LogP contribution in [0.5, 0.6) is 0 Å². The van der Waals surface area contributed by atoms with E-state index in [2.05, 4.69) is 23.9 Å². The van der Waals surface area contributed by atoms with Crippen LogP contribution in [0.2, 0.25) is 0 Å². The summed E-state index contributed by atoms with van der Waals surface area (Å²) in [6, 6.07) is 0. The first kappa shape index (κ1) is 34.7. The molecule has 0 unspecified atom stereocenters. The average molecular weight is 464 g/mol. The Kier molecular flexibility index (Phi) is 31.5. The maximum absolute atomic E-state index is 11.7. The normalized spacial score (nSPS) is 9.56. The molecule has 0 bridgehead atoms. The Hall–Kier alpha value is -1.95. The van der Waals surface area contributed by atoms with E-state index in [1.54, 1.807) is 0 Å². The second kappa shape index (κ2) is 29.1. The molecule has 3 amide bonds. The standard InChI is InChI=1S/C12H25N5O4.C5H13N.C4H11N/c13-4-2-1-3-6-17(11(19)8-14)9-10(18)16-5-7-21-12(15)20;1-2-3-4-5-6;1-2-3-4-5/h1-9,13-14H2,(H2,15,20)(H,16,18);2-6H2,1H3;2-5H2,1H3. The lowest BCUT2D eigenvalue weighted by molar-refractivity contribution is -0.135. The van der Waals surface area contributed by atoms with Crippen LogP contribution in [-0.4, -0.2) is 75.2 Å². The minimum Gasteiger partial charge on any atom is -0.448 e. The van der Waals surface area contributed by atoms with Crippen LogP contribution >= 0.6 is 0 Å². The van der Waals surface area contributed by atoms with Crippen molar-refractivity contribution >= 4 is 17.9 Å². The Morgan fingerprint density at radius 3 is 1.78 bits per heavy atom. The molecule has 0 aromatic rings. The summed E-state index contributed by atoms with van der Waals surface area (Å²) in [4.78, 5) is 35.0. The first-order valence-corrected chi connectivity index (χ1v) is 11.6. The molecule has 0 spiro atoms. The van der Waals surface area contributed by atoms with Gasteiger partial charge in [-0.25, -0.2) is 4.79 Å². The summed E-state index contributed by atoms with van der Waals surface area (Å²) in [7, 11) is 0. The molecule has 0 aromatic heterocycles. The van der Waals surface area contributed by atoms with Gasteiger partial charge in [0.2, 0.25) is 11.8 Å². The first-order valence-electron chi connectivity index (χ1n) is 11.6. The second-order valence-corrected chi connectivity index (χ2v) is 7.02. The summed E-state index contributed by atoms with van der Waals surface area (Å²) in [5, 5.41) is 2.52. The highest BCUT2D eigenvalue weighted by molar-refractivity contribution is 5.85. The highest BCUT2D eigenvalue weighted by Gasteiger charge is 2.15. The zero-order chi connectivity index (χ0) is 25.0. The van der Waals surface area contributed by atoms with Crippen molar-refractivity contribution < 1.29 is 19.1 Å². The SMILES string of the molecule is CCCCCN.CCCCN.NCCCCCN(CC(=O)NCCOC(N)=O)C(=O)CN. The first-order chi connectivity index (χ1) is 15.3. The number of carbonyl (C=O) groups excluding carboxylic acids is 3. The van der Waals surface area contributed by atoms with Gasteiger partial charge in [-0.2, -0.15) is 0 Å². The van der Waals surface area contributed by atoms with Gasteiger partial charge in [0.1, 0.15) is 6.61 Å². The summed E-state index contributed by atoms with van der Waals surface area (Å²) >= 11 is 0. The molecule has 192 valence electrons. The molecule has 0 atom stereocenters. The summed E-state index contributed by atoms with van der Waals surface area (Å²) in [5.41, 5.74) is 25.8. The van der Waals surface area contributed by atoms with E-state index in [4.69, 9.17) is 28.7 Å².